The Morgan fingerprint density at radius 3 is 2.45 bits per heavy atom. The lowest BCUT2D eigenvalue weighted by molar-refractivity contribution is -0.137. The Morgan fingerprint density at radius 1 is 1.03 bits per heavy atom. The second kappa shape index (κ2) is 7.86. The molecule has 0 atom stereocenters. The first-order valence-corrected chi connectivity index (χ1v) is 9.59. The minimum Gasteiger partial charge on any atom is -0.324 e. The van der Waals surface area contributed by atoms with Crippen molar-refractivity contribution in [3.63, 3.8) is 0 Å². The lowest BCUT2D eigenvalue weighted by Gasteiger charge is -2.13. The number of para-hydroxylation sites is 1. The molecule has 0 radical (unpaired) electrons. The zero-order valence-electron chi connectivity index (χ0n) is 16.9. The van der Waals surface area contributed by atoms with E-state index in [4.69, 9.17) is 0 Å². The van der Waals surface area contributed by atoms with Gasteiger partial charge in [-0.05, 0) is 43.2 Å². The van der Waals surface area contributed by atoms with Gasteiger partial charge in [0.2, 0.25) is 5.91 Å². The fourth-order valence-electron chi connectivity index (χ4n) is 3.53. The molecule has 2 aromatic heterocycles. The SMILES string of the molecule is Cc1ccc(-c2ccnc3c2c(C)nn3CC(=O)Nc2ccccc2C(F)(F)F)cc1. The number of nitrogens with zero attached hydrogens (tertiary/aromatic N) is 3. The molecule has 1 N–H and O–H groups in total. The zero-order chi connectivity index (χ0) is 22.2. The van der Waals surface area contributed by atoms with Crippen LogP contribution in [0.5, 0.6) is 0 Å². The molecule has 31 heavy (non-hydrogen) atoms. The molecule has 0 aliphatic carbocycles. The predicted octanol–water partition coefficient (Wildman–Crippen LogP) is 5.37. The van der Waals surface area contributed by atoms with E-state index in [2.05, 4.69) is 15.4 Å². The second-order valence-corrected chi connectivity index (χ2v) is 7.26. The quantitative estimate of drug-likeness (QED) is 0.479. The average Bonchev–Trinajstić information content (AvgIpc) is 3.04. The van der Waals surface area contributed by atoms with Gasteiger partial charge in [-0.15, -0.1) is 0 Å². The lowest BCUT2D eigenvalue weighted by Crippen LogP contribution is -2.22. The maximum Gasteiger partial charge on any atom is 0.418 e. The van der Waals surface area contributed by atoms with Crippen LogP contribution in [0.2, 0.25) is 0 Å². The monoisotopic (exact) mass is 424 g/mol. The average molecular weight is 424 g/mol. The molecular formula is C23H19F3N4O. The summed E-state index contributed by atoms with van der Waals surface area (Å²) in [5.41, 5.74) is 3.04. The molecule has 0 saturated carbocycles. The third-order valence-corrected chi connectivity index (χ3v) is 4.97. The first-order valence-electron chi connectivity index (χ1n) is 9.59. The summed E-state index contributed by atoms with van der Waals surface area (Å²) in [7, 11) is 0. The summed E-state index contributed by atoms with van der Waals surface area (Å²) in [5.74, 6) is -0.622. The number of anilines is 1. The van der Waals surface area contributed by atoms with Crippen LogP contribution in [0.3, 0.4) is 0 Å². The number of benzene rings is 2. The highest BCUT2D eigenvalue weighted by Crippen LogP contribution is 2.34. The number of aryl methyl sites for hydroxylation is 2. The third kappa shape index (κ3) is 4.14. The van der Waals surface area contributed by atoms with Crippen LogP contribution < -0.4 is 5.32 Å². The van der Waals surface area contributed by atoms with Crippen molar-refractivity contribution in [2.24, 2.45) is 0 Å². The number of nitrogens with one attached hydrogen (secondary N) is 1. The summed E-state index contributed by atoms with van der Waals surface area (Å²) in [4.78, 5) is 16.9. The molecule has 2 aromatic carbocycles. The fraction of sp³-hybridized carbons (Fsp3) is 0.174. The van der Waals surface area contributed by atoms with Gasteiger partial charge in [0.05, 0.1) is 16.9 Å². The van der Waals surface area contributed by atoms with Gasteiger partial charge in [0.15, 0.2) is 5.65 Å². The molecule has 2 heterocycles. The molecule has 4 rings (SSSR count). The van der Waals surface area contributed by atoms with Gasteiger partial charge in [-0.2, -0.15) is 18.3 Å². The molecule has 0 fully saturated rings. The van der Waals surface area contributed by atoms with Gasteiger partial charge in [-0.3, -0.25) is 4.79 Å². The third-order valence-electron chi connectivity index (χ3n) is 4.97. The molecular weight excluding hydrogens is 405 g/mol. The van der Waals surface area contributed by atoms with Gasteiger partial charge in [0, 0.05) is 11.6 Å². The van der Waals surface area contributed by atoms with Crippen molar-refractivity contribution in [3.8, 4) is 11.1 Å². The van der Waals surface area contributed by atoms with E-state index in [9.17, 15) is 18.0 Å². The van der Waals surface area contributed by atoms with E-state index >= 15 is 0 Å². The van der Waals surface area contributed by atoms with Crippen molar-refractivity contribution in [2.45, 2.75) is 26.6 Å². The van der Waals surface area contributed by atoms with Crippen molar-refractivity contribution >= 4 is 22.6 Å². The zero-order valence-corrected chi connectivity index (χ0v) is 16.9. The predicted molar refractivity (Wildman–Crippen MR) is 113 cm³/mol. The Balaban J connectivity index is 1.65. The number of pyridine rings is 1. The number of amides is 1. The van der Waals surface area contributed by atoms with E-state index in [1.165, 1.54) is 22.9 Å². The molecule has 0 bridgehead atoms. The summed E-state index contributed by atoms with van der Waals surface area (Å²) >= 11 is 0. The van der Waals surface area contributed by atoms with Crippen LogP contribution in [-0.2, 0) is 17.5 Å². The van der Waals surface area contributed by atoms with Crippen LogP contribution in [0.4, 0.5) is 18.9 Å². The summed E-state index contributed by atoms with van der Waals surface area (Å²) in [6, 6.07) is 14.8. The van der Waals surface area contributed by atoms with E-state index in [-0.39, 0.29) is 12.2 Å². The van der Waals surface area contributed by atoms with Crippen LogP contribution in [-0.4, -0.2) is 20.7 Å². The van der Waals surface area contributed by atoms with Crippen molar-refractivity contribution in [1.29, 1.82) is 0 Å². The van der Waals surface area contributed by atoms with Crippen LogP contribution in [0.25, 0.3) is 22.2 Å². The maximum absolute atomic E-state index is 13.2. The second-order valence-electron chi connectivity index (χ2n) is 7.26. The van der Waals surface area contributed by atoms with Gasteiger partial charge in [0.1, 0.15) is 6.54 Å². The van der Waals surface area contributed by atoms with Gasteiger partial charge in [0.25, 0.3) is 0 Å². The number of halogens is 3. The van der Waals surface area contributed by atoms with Crippen molar-refractivity contribution in [2.75, 3.05) is 5.32 Å². The molecule has 8 heteroatoms. The number of rotatable bonds is 4. The maximum atomic E-state index is 13.2. The highest BCUT2D eigenvalue weighted by Gasteiger charge is 2.33. The Labute approximate surface area is 176 Å². The van der Waals surface area contributed by atoms with E-state index < -0.39 is 17.6 Å². The highest BCUT2D eigenvalue weighted by molar-refractivity contribution is 5.96. The molecule has 5 nitrogen and oxygen atoms in total. The summed E-state index contributed by atoms with van der Waals surface area (Å²) in [6.45, 7) is 3.56. The first kappa shape index (κ1) is 20.6. The summed E-state index contributed by atoms with van der Waals surface area (Å²) in [6.07, 6.45) is -2.94. The standard InChI is InChI=1S/C23H19F3N4O/c1-14-7-9-16(10-8-14)17-11-12-27-22-21(17)15(2)29-30(22)13-20(31)28-19-6-4-3-5-18(19)23(24,25)26/h3-12H,13H2,1-2H3,(H,28,31). The van der Waals surface area contributed by atoms with Gasteiger partial charge < -0.3 is 5.32 Å². The van der Waals surface area contributed by atoms with E-state index in [1.807, 2.05) is 44.2 Å². The summed E-state index contributed by atoms with van der Waals surface area (Å²) in [5, 5.41) is 7.56. The fourth-order valence-corrected chi connectivity index (χ4v) is 3.53. The molecule has 0 unspecified atom stereocenters. The molecule has 0 aliphatic heterocycles. The number of fused-ring (bicyclic) bond motifs is 1. The number of hydrogen-bond acceptors (Lipinski definition) is 3. The van der Waals surface area contributed by atoms with Gasteiger partial charge >= 0.3 is 6.18 Å². The van der Waals surface area contributed by atoms with Gasteiger partial charge in [-0.25, -0.2) is 9.67 Å². The Bertz CT molecular complexity index is 1260. The first-order chi connectivity index (χ1) is 14.7. The minimum absolute atomic E-state index is 0.263. The number of hydrogen-bond donors (Lipinski definition) is 1. The Hall–Kier alpha value is -3.68. The van der Waals surface area contributed by atoms with Crippen LogP contribution >= 0.6 is 0 Å². The normalized spacial score (nSPS) is 11.6. The molecule has 4 aromatic rings. The number of alkyl halides is 3. The lowest BCUT2D eigenvalue weighted by atomic mass is 10.0. The highest BCUT2D eigenvalue weighted by atomic mass is 19.4. The Kier molecular flexibility index (Phi) is 5.22. The van der Waals surface area contributed by atoms with Crippen molar-refractivity contribution in [1.82, 2.24) is 14.8 Å². The minimum atomic E-state index is -4.57. The molecule has 1 amide bonds. The van der Waals surface area contributed by atoms with E-state index in [0.29, 0.717) is 11.3 Å². The smallest absolute Gasteiger partial charge is 0.324 e. The van der Waals surface area contributed by atoms with Crippen LogP contribution in [0, 0.1) is 13.8 Å². The van der Waals surface area contributed by atoms with E-state index in [1.54, 1.807) is 6.20 Å². The molecule has 0 aliphatic rings. The van der Waals surface area contributed by atoms with Gasteiger partial charge in [-0.1, -0.05) is 42.0 Å². The van der Waals surface area contributed by atoms with Crippen LogP contribution in [0.1, 0.15) is 16.8 Å². The van der Waals surface area contributed by atoms with Crippen molar-refractivity contribution < 1.29 is 18.0 Å². The van der Waals surface area contributed by atoms with Crippen LogP contribution in [0.15, 0.2) is 60.8 Å². The summed E-state index contributed by atoms with van der Waals surface area (Å²) < 4.78 is 41.0. The molecule has 158 valence electrons. The van der Waals surface area contributed by atoms with E-state index in [0.717, 1.165) is 28.1 Å². The largest absolute Gasteiger partial charge is 0.418 e. The number of carbonyl (C=O) groups excluding carboxylic acids is 1. The topological polar surface area (TPSA) is 59.8 Å². The molecule has 0 spiro atoms. The van der Waals surface area contributed by atoms with Crippen molar-refractivity contribution in [3.05, 3.63) is 77.6 Å². The number of aromatic nitrogens is 3. The Morgan fingerprint density at radius 2 is 1.74 bits per heavy atom. The number of carbonyl (C=O) groups is 1. The molecule has 0 saturated heterocycles.